The van der Waals surface area contributed by atoms with Gasteiger partial charge in [0, 0.05) is 33.3 Å². The van der Waals surface area contributed by atoms with Crippen molar-refractivity contribution in [1.82, 2.24) is 4.98 Å². The number of para-hydroxylation sites is 1. The molecular weight excluding hydrogens is 386 g/mol. The molecule has 3 rings (SSSR count). The number of aromatic carboxylic acids is 1. The molecule has 0 spiro atoms. The number of anilines is 1. The van der Waals surface area contributed by atoms with Gasteiger partial charge in [0.05, 0.1) is 16.7 Å². The number of hydrogen-bond acceptors (Lipinski definition) is 3. The summed E-state index contributed by atoms with van der Waals surface area (Å²) < 4.78 is 0. The Hall–Kier alpha value is -1.76. The van der Waals surface area contributed by atoms with Gasteiger partial charge in [0.2, 0.25) is 5.91 Å². The van der Waals surface area contributed by atoms with Crippen LogP contribution < -0.4 is 40.0 Å². The molecule has 2 aromatic carbocycles. The summed E-state index contributed by atoms with van der Waals surface area (Å²) in [4.78, 5) is 26.1. The molecule has 3 aromatic rings. The van der Waals surface area contributed by atoms with Crippen molar-refractivity contribution in [2.45, 2.75) is 0 Å². The first kappa shape index (κ1) is 20.6. The first-order chi connectivity index (χ1) is 12.0. The van der Waals surface area contributed by atoms with Gasteiger partial charge in [0.15, 0.2) is 0 Å². The third-order valence-corrected chi connectivity index (χ3v) is 4.02. The van der Waals surface area contributed by atoms with E-state index in [0.717, 1.165) is 0 Å². The number of H-pyrrole nitrogens is 1. The van der Waals surface area contributed by atoms with Crippen molar-refractivity contribution >= 4 is 57.7 Å². The number of carbonyl (C=O) groups is 2. The van der Waals surface area contributed by atoms with Gasteiger partial charge in [-0.2, -0.15) is 0 Å². The van der Waals surface area contributed by atoms with Crippen molar-refractivity contribution in [2.75, 3.05) is 5.32 Å². The fourth-order valence-electron chi connectivity index (χ4n) is 2.47. The second-order valence-corrected chi connectivity index (χ2v) is 6.04. The summed E-state index contributed by atoms with van der Waals surface area (Å²) in [5, 5.41) is 15.1. The average molecular weight is 397 g/mol. The van der Waals surface area contributed by atoms with Crippen molar-refractivity contribution in [3.8, 4) is 0 Å². The number of fused-ring (bicyclic) bond motifs is 1. The van der Waals surface area contributed by atoms with Gasteiger partial charge < -0.3 is 20.2 Å². The van der Waals surface area contributed by atoms with Crippen molar-refractivity contribution in [2.24, 2.45) is 0 Å². The Morgan fingerprint density at radius 1 is 1.12 bits per heavy atom. The number of carbonyl (C=O) groups excluding carboxylic acids is 2. The monoisotopic (exact) mass is 396 g/mol. The maximum Gasteiger partial charge on any atom is 1.00 e. The summed E-state index contributed by atoms with van der Waals surface area (Å²) in [7, 11) is 0. The summed E-state index contributed by atoms with van der Waals surface area (Å²) >= 11 is 12.1. The molecule has 26 heavy (non-hydrogen) atoms. The van der Waals surface area contributed by atoms with Crippen LogP contribution in [0.15, 0.2) is 48.5 Å². The molecule has 0 fully saturated rings. The Labute approximate surface area is 181 Å². The molecule has 1 heterocycles. The number of hydrogen-bond donors (Lipinski definition) is 2. The number of carboxylic acids is 1. The second kappa shape index (κ2) is 8.75. The average Bonchev–Trinajstić information content (AvgIpc) is 2.93. The van der Waals surface area contributed by atoms with Crippen LogP contribution in [0.25, 0.3) is 17.0 Å². The smallest absolute Gasteiger partial charge is 0.543 e. The summed E-state index contributed by atoms with van der Waals surface area (Å²) in [6.45, 7) is 0. The number of rotatable bonds is 4. The molecule has 0 aliphatic rings. The van der Waals surface area contributed by atoms with Crippen LogP contribution in [0.5, 0.6) is 0 Å². The standard InChI is InChI=1S/C18H12Cl2N2O3.Na/c19-10-8-13(20)16-12(17(18(24)25)22-14(16)9-10)6-7-15(23)21-11-4-2-1-3-5-11;/h1-9,22H,(H,21,23)(H,24,25);/q;+1/p-1/b7-6-;. The molecule has 5 nitrogen and oxygen atoms in total. The van der Waals surface area contributed by atoms with E-state index >= 15 is 0 Å². The van der Waals surface area contributed by atoms with Gasteiger partial charge in [0.25, 0.3) is 0 Å². The Morgan fingerprint density at radius 2 is 1.81 bits per heavy atom. The third-order valence-electron chi connectivity index (χ3n) is 3.50. The Bertz CT molecular complexity index is 1000. The second-order valence-electron chi connectivity index (χ2n) is 5.20. The minimum absolute atomic E-state index is 0. The van der Waals surface area contributed by atoms with Crippen LogP contribution in [0.3, 0.4) is 0 Å². The Morgan fingerprint density at radius 3 is 2.46 bits per heavy atom. The molecule has 0 saturated heterocycles. The number of nitrogens with one attached hydrogen (secondary N) is 2. The summed E-state index contributed by atoms with van der Waals surface area (Å²) in [6, 6.07) is 11.9. The van der Waals surface area contributed by atoms with Crippen LogP contribution in [-0.2, 0) is 4.79 Å². The first-order valence-electron chi connectivity index (χ1n) is 7.22. The van der Waals surface area contributed by atoms with Gasteiger partial charge in [-0.1, -0.05) is 41.4 Å². The maximum absolute atomic E-state index is 12.0. The van der Waals surface area contributed by atoms with Gasteiger partial charge in [-0.05, 0) is 30.3 Å². The van der Waals surface area contributed by atoms with Crippen molar-refractivity contribution in [3.63, 3.8) is 0 Å². The number of aromatic amines is 1. The number of amides is 1. The van der Waals surface area contributed by atoms with Crippen molar-refractivity contribution in [1.29, 1.82) is 0 Å². The zero-order valence-corrected chi connectivity index (χ0v) is 17.2. The molecule has 0 bridgehead atoms. The Balaban J connectivity index is 0.00000243. The van der Waals surface area contributed by atoms with Crippen LogP contribution in [0.1, 0.15) is 16.1 Å². The molecule has 126 valence electrons. The van der Waals surface area contributed by atoms with E-state index in [4.69, 9.17) is 23.2 Å². The largest absolute Gasteiger partial charge is 1.00 e. The number of halogens is 2. The molecular formula is C18H11Cl2N2NaO3. The van der Waals surface area contributed by atoms with Crippen molar-refractivity contribution in [3.05, 3.63) is 69.8 Å². The minimum Gasteiger partial charge on any atom is -0.543 e. The van der Waals surface area contributed by atoms with Gasteiger partial charge in [-0.15, -0.1) is 0 Å². The van der Waals surface area contributed by atoms with Gasteiger partial charge in [-0.3, -0.25) is 4.79 Å². The minimum atomic E-state index is -1.41. The normalized spacial score (nSPS) is 10.7. The molecule has 0 saturated carbocycles. The predicted octanol–water partition coefficient (Wildman–Crippen LogP) is 0.494. The zero-order chi connectivity index (χ0) is 18.0. The van der Waals surface area contributed by atoms with Crippen LogP contribution in [0.2, 0.25) is 10.0 Å². The SMILES string of the molecule is O=C(/C=C\c1c(C(=O)[O-])[nH]c2cc(Cl)cc(Cl)c12)Nc1ccccc1.[Na+]. The van der Waals surface area contributed by atoms with E-state index < -0.39 is 11.9 Å². The molecule has 0 atom stereocenters. The van der Waals surface area contributed by atoms with E-state index in [0.29, 0.717) is 21.6 Å². The summed E-state index contributed by atoms with van der Waals surface area (Å²) in [5.74, 6) is -1.82. The molecule has 8 heteroatoms. The molecule has 0 aliphatic carbocycles. The molecule has 0 aliphatic heterocycles. The van der Waals surface area contributed by atoms with E-state index in [-0.39, 0.29) is 45.8 Å². The molecule has 0 unspecified atom stereocenters. The van der Waals surface area contributed by atoms with E-state index in [1.807, 2.05) is 6.07 Å². The Kier molecular flexibility index (Phi) is 6.92. The quantitative estimate of drug-likeness (QED) is 0.497. The molecule has 1 aromatic heterocycles. The van der Waals surface area contributed by atoms with Crippen LogP contribution >= 0.6 is 23.2 Å². The third kappa shape index (κ3) is 4.50. The van der Waals surface area contributed by atoms with E-state index in [1.165, 1.54) is 18.2 Å². The fraction of sp³-hybridized carbons (Fsp3) is 0. The van der Waals surface area contributed by atoms with E-state index in [1.54, 1.807) is 30.3 Å². The summed E-state index contributed by atoms with van der Waals surface area (Å²) in [6.07, 6.45) is 2.61. The maximum atomic E-state index is 12.0. The topological polar surface area (TPSA) is 85.0 Å². The fourth-order valence-corrected chi connectivity index (χ4v) is 3.06. The number of aromatic nitrogens is 1. The van der Waals surface area contributed by atoms with Gasteiger partial charge >= 0.3 is 29.6 Å². The van der Waals surface area contributed by atoms with Gasteiger partial charge in [0.1, 0.15) is 0 Å². The van der Waals surface area contributed by atoms with Crippen molar-refractivity contribution < 1.29 is 44.3 Å². The van der Waals surface area contributed by atoms with Crippen LogP contribution in [0.4, 0.5) is 5.69 Å². The van der Waals surface area contributed by atoms with E-state index in [2.05, 4.69) is 10.3 Å². The van der Waals surface area contributed by atoms with Crippen LogP contribution in [0, 0.1) is 0 Å². The van der Waals surface area contributed by atoms with Gasteiger partial charge in [-0.25, -0.2) is 0 Å². The first-order valence-corrected chi connectivity index (χ1v) is 7.97. The van der Waals surface area contributed by atoms with E-state index in [9.17, 15) is 14.7 Å². The molecule has 0 radical (unpaired) electrons. The van der Waals surface area contributed by atoms with Crippen LogP contribution in [-0.4, -0.2) is 16.9 Å². The zero-order valence-electron chi connectivity index (χ0n) is 13.7. The predicted molar refractivity (Wildman–Crippen MR) is 96.8 cm³/mol. The number of benzene rings is 2. The number of carboxylic acid groups (broad SMARTS) is 1. The summed E-state index contributed by atoms with van der Waals surface area (Å²) in [5.41, 5.74) is 1.14. The molecule has 1 amide bonds. The molecule has 2 N–H and O–H groups in total.